The largest absolute Gasteiger partial charge is 0.380 e. The van der Waals surface area contributed by atoms with Gasteiger partial charge in [0.05, 0.1) is 11.9 Å². The van der Waals surface area contributed by atoms with Gasteiger partial charge in [-0.3, -0.25) is 4.79 Å². The van der Waals surface area contributed by atoms with Gasteiger partial charge in [0.25, 0.3) is 5.56 Å². The van der Waals surface area contributed by atoms with Crippen LogP contribution in [-0.4, -0.2) is 27.7 Å². The zero-order valence-electron chi connectivity index (χ0n) is 8.12. The Morgan fingerprint density at radius 2 is 2.27 bits per heavy atom. The summed E-state index contributed by atoms with van der Waals surface area (Å²) in [6.07, 6.45) is 3.93. The minimum absolute atomic E-state index is 0.190. The van der Waals surface area contributed by atoms with Crippen LogP contribution >= 0.6 is 27.7 Å². The van der Waals surface area contributed by atoms with Gasteiger partial charge in [0.2, 0.25) is 0 Å². The Bertz CT molecular complexity index is 389. The Hall–Kier alpha value is -0.490. The lowest BCUT2D eigenvalue weighted by Gasteiger charge is -2.23. The molecule has 0 aromatic carbocycles. The van der Waals surface area contributed by atoms with Crippen molar-refractivity contribution in [3.8, 4) is 0 Å². The molecule has 0 amide bonds. The predicted octanol–water partition coefficient (Wildman–Crippen LogP) is 1.84. The number of anilines is 1. The van der Waals surface area contributed by atoms with Crippen molar-refractivity contribution in [1.82, 2.24) is 10.2 Å². The van der Waals surface area contributed by atoms with Crippen LogP contribution in [0.4, 0.5) is 5.69 Å². The topological polar surface area (TPSA) is 57.8 Å². The summed E-state index contributed by atoms with van der Waals surface area (Å²) in [6.45, 7) is 0. The number of hydrogen-bond acceptors (Lipinski definition) is 4. The van der Waals surface area contributed by atoms with Gasteiger partial charge in [0.15, 0.2) is 0 Å². The highest BCUT2D eigenvalue weighted by molar-refractivity contribution is 9.10. The number of halogens is 1. The first-order chi connectivity index (χ1) is 7.27. The van der Waals surface area contributed by atoms with Crippen LogP contribution in [0.15, 0.2) is 15.5 Å². The Morgan fingerprint density at radius 1 is 1.53 bits per heavy atom. The zero-order chi connectivity index (χ0) is 10.7. The maximum absolute atomic E-state index is 11.3. The lowest BCUT2D eigenvalue weighted by molar-refractivity contribution is 0.665. The van der Waals surface area contributed by atoms with E-state index < -0.39 is 0 Å². The van der Waals surface area contributed by atoms with Crippen LogP contribution in [0.1, 0.15) is 12.8 Å². The smallest absolute Gasteiger partial charge is 0.280 e. The molecule has 4 nitrogen and oxygen atoms in total. The maximum Gasteiger partial charge on any atom is 0.280 e. The average molecular weight is 290 g/mol. The van der Waals surface area contributed by atoms with E-state index in [9.17, 15) is 4.79 Å². The number of rotatable bonds is 2. The number of H-pyrrole nitrogens is 1. The minimum atomic E-state index is -0.190. The third-order valence-corrected chi connectivity index (χ3v) is 4.21. The quantitative estimate of drug-likeness (QED) is 0.872. The molecule has 2 N–H and O–H groups in total. The summed E-state index contributed by atoms with van der Waals surface area (Å²) in [6, 6.07) is 0.464. The lowest BCUT2D eigenvalue weighted by Crippen LogP contribution is -2.26. The molecule has 1 aromatic rings. The van der Waals surface area contributed by atoms with Gasteiger partial charge in [-0.1, -0.05) is 0 Å². The molecule has 2 rings (SSSR count). The zero-order valence-corrected chi connectivity index (χ0v) is 10.5. The highest BCUT2D eigenvalue weighted by Gasteiger charge is 2.15. The Labute approximate surface area is 100 Å². The SMILES string of the molecule is O=c1[nH]ncc(NC2CCSCC2)c1Br. The Kier molecular flexibility index (Phi) is 3.69. The van der Waals surface area contributed by atoms with E-state index >= 15 is 0 Å². The predicted molar refractivity (Wildman–Crippen MR) is 66.5 cm³/mol. The molecule has 1 fully saturated rings. The first-order valence-electron chi connectivity index (χ1n) is 4.85. The maximum atomic E-state index is 11.3. The summed E-state index contributed by atoms with van der Waals surface area (Å²) in [5, 5.41) is 9.50. The summed E-state index contributed by atoms with van der Waals surface area (Å²) in [7, 11) is 0. The second-order valence-electron chi connectivity index (χ2n) is 3.46. The van der Waals surface area contributed by atoms with Gasteiger partial charge in [-0.05, 0) is 40.3 Å². The van der Waals surface area contributed by atoms with Gasteiger partial charge in [-0.25, -0.2) is 5.10 Å². The molecule has 2 heterocycles. The minimum Gasteiger partial charge on any atom is -0.380 e. The molecule has 0 bridgehead atoms. The molecule has 0 atom stereocenters. The normalized spacial score (nSPS) is 17.7. The lowest BCUT2D eigenvalue weighted by atomic mass is 10.1. The van der Waals surface area contributed by atoms with Crippen LogP contribution in [0.5, 0.6) is 0 Å². The Balaban J connectivity index is 2.09. The number of aromatic nitrogens is 2. The fourth-order valence-corrected chi connectivity index (χ4v) is 2.96. The third-order valence-electron chi connectivity index (χ3n) is 2.38. The van der Waals surface area contributed by atoms with E-state index in [0.29, 0.717) is 10.5 Å². The van der Waals surface area contributed by atoms with Crippen molar-refractivity contribution in [1.29, 1.82) is 0 Å². The molecule has 1 aromatic heterocycles. The van der Waals surface area contributed by atoms with Crippen LogP contribution in [0.25, 0.3) is 0 Å². The summed E-state index contributed by atoms with van der Waals surface area (Å²) in [5.74, 6) is 2.37. The summed E-state index contributed by atoms with van der Waals surface area (Å²) >= 11 is 5.24. The molecule has 82 valence electrons. The molecular formula is C9H12BrN3OS. The number of aromatic amines is 1. The van der Waals surface area contributed by atoms with E-state index in [0.717, 1.165) is 18.5 Å². The number of nitrogens with one attached hydrogen (secondary N) is 2. The van der Waals surface area contributed by atoms with Gasteiger partial charge in [-0.15, -0.1) is 0 Å². The molecule has 0 spiro atoms. The van der Waals surface area contributed by atoms with E-state index in [2.05, 4.69) is 31.4 Å². The summed E-state index contributed by atoms with van der Waals surface area (Å²) in [4.78, 5) is 11.3. The van der Waals surface area contributed by atoms with Crippen molar-refractivity contribution in [2.75, 3.05) is 16.8 Å². The van der Waals surface area contributed by atoms with Gasteiger partial charge < -0.3 is 5.32 Å². The van der Waals surface area contributed by atoms with Gasteiger partial charge in [0, 0.05) is 6.04 Å². The van der Waals surface area contributed by atoms with E-state index in [1.165, 1.54) is 11.5 Å². The highest BCUT2D eigenvalue weighted by Crippen LogP contribution is 2.23. The van der Waals surface area contributed by atoms with Crippen molar-refractivity contribution in [3.63, 3.8) is 0 Å². The van der Waals surface area contributed by atoms with E-state index in [4.69, 9.17) is 0 Å². The van der Waals surface area contributed by atoms with E-state index in [1.54, 1.807) is 6.20 Å². The summed E-state index contributed by atoms with van der Waals surface area (Å²) < 4.78 is 0.538. The third kappa shape index (κ3) is 2.75. The Morgan fingerprint density at radius 3 is 3.00 bits per heavy atom. The molecule has 6 heteroatoms. The van der Waals surface area contributed by atoms with Crippen molar-refractivity contribution >= 4 is 33.4 Å². The van der Waals surface area contributed by atoms with Crippen LogP contribution in [0.2, 0.25) is 0 Å². The highest BCUT2D eigenvalue weighted by atomic mass is 79.9. The average Bonchev–Trinajstić information content (AvgIpc) is 2.26. The van der Waals surface area contributed by atoms with Crippen molar-refractivity contribution in [2.24, 2.45) is 0 Å². The molecule has 0 aliphatic carbocycles. The van der Waals surface area contributed by atoms with Gasteiger partial charge >= 0.3 is 0 Å². The molecule has 1 aliphatic heterocycles. The fourth-order valence-electron chi connectivity index (χ4n) is 1.55. The molecule has 0 saturated carbocycles. The second-order valence-corrected chi connectivity index (χ2v) is 5.48. The summed E-state index contributed by atoms with van der Waals surface area (Å²) in [5.41, 5.74) is 0.598. The second kappa shape index (κ2) is 5.03. The molecule has 15 heavy (non-hydrogen) atoms. The van der Waals surface area contributed by atoms with Crippen LogP contribution in [0.3, 0.4) is 0 Å². The molecule has 1 saturated heterocycles. The first kappa shape index (κ1) is 11.0. The molecule has 1 aliphatic rings. The number of hydrogen-bond donors (Lipinski definition) is 2. The first-order valence-corrected chi connectivity index (χ1v) is 6.79. The van der Waals surface area contributed by atoms with E-state index in [1.807, 2.05) is 11.8 Å². The van der Waals surface area contributed by atoms with Gasteiger partial charge in [-0.2, -0.15) is 16.9 Å². The van der Waals surface area contributed by atoms with Gasteiger partial charge in [0.1, 0.15) is 4.47 Å². The van der Waals surface area contributed by atoms with Crippen molar-refractivity contribution in [2.45, 2.75) is 18.9 Å². The standard InChI is InChI=1S/C9H12BrN3OS/c10-8-7(5-11-13-9(8)14)12-6-1-3-15-4-2-6/h5-6H,1-4H2,(H2,12,13,14). The molecule has 0 radical (unpaired) electrons. The number of nitrogens with zero attached hydrogens (tertiary/aromatic N) is 1. The monoisotopic (exact) mass is 289 g/mol. The van der Waals surface area contributed by atoms with Crippen molar-refractivity contribution < 1.29 is 0 Å². The fraction of sp³-hybridized carbons (Fsp3) is 0.556. The molecular weight excluding hydrogens is 278 g/mol. The van der Waals surface area contributed by atoms with E-state index in [-0.39, 0.29) is 5.56 Å². The number of thioether (sulfide) groups is 1. The van der Waals surface area contributed by atoms with Crippen LogP contribution in [-0.2, 0) is 0 Å². The molecule has 0 unspecified atom stereocenters. The van der Waals surface area contributed by atoms with Crippen LogP contribution in [0, 0.1) is 0 Å². The van der Waals surface area contributed by atoms with Crippen molar-refractivity contribution in [3.05, 3.63) is 21.0 Å². The van der Waals surface area contributed by atoms with Crippen LogP contribution < -0.4 is 10.9 Å².